The van der Waals surface area contributed by atoms with Crippen LogP contribution in [0, 0.1) is 0 Å². The summed E-state index contributed by atoms with van der Waals surface area (Å²) in [6, 6.07) is 9.05. The molecule has 1 aliphatic heterocycles. The van der Waals surface area contributed by atoms with Gasteiger partial charge >= 0.3 is 12.0 Å². The fourth-order valence-electron chi connectivity index (χ4n) is 4.03. The number of pyridine rings is 1. The average Bonchev–Trinajstić information content (AvgIpc) is 3.48. The van der Waals surface area contributed by atoms with Crippen molar-refractivity contribution in [1.29, 1.82) is 0 Å². The topological polar surface area (TPSA) is 78.5 Å². The predicted octanol–water partition coefficient (Wildman–Crippen LogP) is 4.97. The molecule has 0 bridgehead atoms. The lowest BCUT2D eigenvalue weighted by atomic mass is 10.1. The number of carbonyl (C=O) groups is 2. The number of nitrogens with one attached hydrogen (secondary N) is 1. The van der Waals surface area contributed by atoms with E-state index in [2.05, 4.69) is 16.0 Å². The van der Waals surface area contributed by atoms with Gasteiger partial charge in [-0.05, 0) is 69.9 Å². The number of hydrogen-bond acceptors (Lipinski definition) is 4. The molecule has 160 valence electrons. The quantitative estimate of drug-likeness (QED) is 0.609. The number of esters is 1. The summed E-state index contributed by atoms with van der Waals surface area (Å²) in [5.74, 6) is 0.225. The van der Waals surface area contributed by atoms with Gasteiger partial charge in [-0.15, -0.1) is 0 Å². The van der Waals surface area contributed by atoms with Crippen molar-refractivity contribution in [2.45, 2.75) is 51.7 Å². The van der Waals surface area contributed by atoms with Crippen molar-refractivity contribution in [2.75, 3.05) is 16.8 Å². The summed E-state index contributed by atoms with van der Waals surface area (Å²) in [5.41, 5.74) is 4.64. The summed E-state index contributed by atoms with van der Waals surface area (Å²) in [5, 5.41) is 1.06. The summed E-state index contributed by atoms with van der Waals surface area (Å²) in [6.07, 6.45) is 4.19. The second kappa shape index (κ2) is 6.83. The molecule has 1 aliphatic carbocycles. The van der Waals surface area contributed by atoms with E-state index in [1.54, 1.807) is 47.3 Å². The second-order valence-electron chi connectivity index (χ2n) is 9.36. The maximum Gasteiger partial charge on any atom is 0.338 e. The Balaban J connectivity index is 1.47. The van der Waals surface area contributed by atoms with E-state index in [1.165, 1.54) is 18.5 Å². The Morgan fingerprint density at radius 2 is 1.90 bits per heavy atom. The van der Waals surface area contributed by atoms with Crippen LogP contribution in [0.5, 0.6) is 0 Å². The maximum absolute atomic E-state index is 13.1. The molecule has 3 aromatic rings. The molecular weight excluding hydrogens is 392 g/mol. The minimum atomic E-state index is -0.555. The zero-order chi connectivity index (χ0) is 21.9. The molecule has 0 saturated heterocycles. The molecule has 0 atom stereocenters. The number of fused-ring (bicyclic) bond motifs is 3. The average molecular weight is 418 g/mol. The summed E-state index contributed by atoms with van der Waals surface area (Å²) in [6.45, 7) is 5.96. The molecule has 1 saturated carbocycles. The normalized spacial score (nSPS) is 16.6. The Bertz CT molecular complexity index is 1190. The van der Waals surface area contributed by atoms with Crippen LogP contribution in [0.2, 0.25) is 0 Å². The highest BCUT2D eigenvalue weighted by Gasteiger charge is 2.32. The Labute approximate surface area is 181 Å². The number of nitrogens with zero attached hydrogens (tertiary/aromatic N) is 3. The molecule has 1 aromatic carbocycles. The first-order valence-electron chi connectivity index (χ1n) is 10.6. The van der Waals surface area contributed by atoms with Gasteiger partial charge in [0.1, 0.15) is 11.2 Å². The summed E-state index contributed by atoms with van der Waals surface area (Å²) >= 11 is 0. The monoisotopic (exact) mass is 418 g/mol. The van der Waals surface area contributed by atoms with E-state index in [0.717, 1.165) is 28.0 Å². The third kappa shape index (κ3) is 3.54. The lowest BCUT2D eigenvalue weighted by Crippen LogP contribution is -2.45. The van der Waals surface area contributed by atoms with Crippen LogP contribution >= 0.6 is 0 Å². The van der Waals surface area contributed by atoms with Gasteiger partial charge in [0.15, 0.2) is 0 Å². The van der Waals surface area contributed by atoms with Gasteiger partial charge in [-0.3, -0.25) is 9.80 Å². The zero-order valence-electron chi connectivity index (χ0n) is 18.2. The number of hydrogen-bond donors (Lipinski definition) is 1. The SMILES string of the molecule is CN1C(=O)N(c2ccc(C(=O)OC(C)(C)C)cc2)Cc2c1cnc1[nH]c(C3CC3)cc21. The van der Waals surface area contributed by atoms with Crippen molar-refractivity contribution >= 4 is 34.4 Å². The number of amides is 2. The van der Waals surface area contributed by atoms with E-state index in [-0.39, 0.29) is 12.0 Å². The van der Waals surface area contributed by atoms with E-state index in [0.29, 0.717) is 18.0 Å². The maximum atomic E-state index is 13.1. The molecule has 2 amide bonds. The van der Waals surface area contributed by atoms with Crippen molar-refractivity contribution in [3.63, 3.8) is 0 Å². The first-order valence-corrected chi connectivity index (χ1v) is 10.6. The van der Waals surface area contributed by atoms with Crippen molar-refractivity contribution in [2.24, 2.45) is 0 Å². The van der Waals surface area contributed by atoms with E-state index in [1.807, 2.05) is 20.8 Å². The van der Waals surface area contributed by atoms with Gasteiger partial charge in [-0.2, -0.15) is 0 Å². The van der Waals surface area contributed by atoms with E-state index >= 15 is 0 Å². The number of H-pyrrole nitrogens is 1. The zero-order valence-corrected chi connectivity index (χ0v) is 18.2. The third-order valence-electron chi connectivity index (χ3n) is 5.79. The fourth-order valence-corrected chi connectivity index (χ4v) is 4.03. The van der Waals surface area contributed by atoms with Crippen LogP contribution in [-0.2, 0) is 11.3 Å². The van der Waals surface area contributed by atoms with Crippen molar-refractivity contribution in [1.82, 2.24) is 9.97 Å². The number of rotatable bonds is 3. The van der Waals surface area contributed by atoms with Gasteiger partial charge in [0.25, 0.3) is 0 Å². The van der Waals surface area contributed by atoms with Crippen molar-refractivity contribution in [3.05, 3.63) is 53.3 Å². The van der Waals surface area contributed by atoms with E-state index in [9.17, 15) is 9.59 Å². The molecule has 0 spiro atoms. The van der Waals surface area contributed by atoms with Crippen LogP contribution in [0.1, 0.15) is 61.1 Å². The Morgan fingerprint density at radius 3 is 2.55 bits per heavy atom. The highest BCUT2D eigenvalue weighted by molar-refractivity contribution is 6.08. The van der Waals surface area contributed by atoms with Gasteiger partial charge in [0, 0.05) is 29.4 Å². The minimum absolute atomic E-state index is 0.128. The summed E-state index contributed by atoms with van der Waals surface area (Å²) in [7, 11) is 1.77. The number of urea groups is 1. The predicted molar refractivity (Wildman–Crippen MR) is 120 cm³/mol. The second-order valence-corrected chi connectivity index (χ2v) is 9.36. The number of aromatic nitrogens is 2. The Hall–Kier alpha value is -3.35. The van der Waals surface area contributed by atoms with Gasteiger partial charge in [-0.25, -0.2) is 14.6 Å². The van der Waals surface area contributed by atoms with Crippen LogP contribution in [0.25, 0.3) is 11.0 Å². The first-order chi connectivity index (χ1) is 14.7. The molecule has 2 aromatic heterocycles. The van der Waals surface area contributed by atoms with Crippen LogP contribution in [0.15, 0.2) is 36.5 Å². The third-order valence-corrected chi connectivity index (χ3v) is 5.79. The summed E-state index contributed by atoms with van der Waals surface area (Å²) in [4.78, 5) is 36.7. The Kier molecular flexibility index (Phi) is 4.32. The van der Waals surface area contributed by atoms with Crippen LogP contribution < -0.4 is 9.80 Å². The van der Waals surface area contributed by atoms with Gasteiger partial charge in [0.05, 0.1) is 24.0 Å². The number of benzene rings is 1. The van der Waals surface area contributed by atoms with Gasteiger partial charge in [-0.1, -0.05) is 0 Å². The number of ether oxygens (including phenoxy) is 1. The fraction of sp³-hybridized carbons (Fsp3) is 0.375. The van der Waals surface area contributed by atoms with Gasteiger partial charge < -0.3 is 9.72 Å². The molecule has 31 heavy (non-hydrogen) atoms. The smallest absolute Gasteiger partial charge is 0.338 e. The molecule has 3 heterocycles. The molecular formula is C24H26N4O3. The number of carbonyl (C=O) groups excluding carboxylic acids is 2. The molecule has 1 N–H and O–H groups in total. The molecule has 7 heteroatoms. The minimum Gasteiger partial charge on any atom is -0.456 e. The largest absolute Gasteiger partial charge is 0.456 e. The molecule has 0 unspecified atom stereocenters. The molecule has 0 radical (unpaired) electrons. The molecule has 1 fully saturated rings. The van der Waals surface area contributed by atoms with Gasteiger partial charge in [0.2, 0.25) is 0 Å². The standard InChI is InChI=1S/C24H26N4O3/c1-24(2,3)31-22(29)15-7-9-16(10-8-15)28-13-18-17-11-19(14-5-6-14)26-21(17)25-12-20(18)27(4)23(28)30/h7-12,14H,5-6,13H2,1-4H3,(H,25,26). The van der Waals surface area contributed by atoms with E-state index < -0.39 is 5.60 Å². The van der Waals surface area contributed by atoms with E-state index in [4.69, 9.17) is 4.74 Å². The van der Waals surface area contributed by atoms with Crippen LogP contribution in [0.4, 0.5) is 16.2 Å². The lowest BCUT2D eigenvalue weighted by molar-refractivity contribution is 0.00695. The van der Waals surface area contributed by atoms with Crippen LogP contribution in [0.3, 0.4) is 0 Å². The highest BCUT2D eigenvalue weighted by atomic mass is 16.6. The molecule has 7 nitrogen and oxygen atoms in total. The van der Waals surface area contributed by atoms with Crippen LogP contribution in [-0.4, -0.2) is 34.6 Å². The van der Waals surface area contributed by atoms with Crippen molar-refractivity contribution < 1.29 is 14.3 Å². The lowest BCUT2D eigenvalue weighted by Gasteiger charge is -2.35. The highest BCUT2D eigenvalue weighted by Crippen LogP contribution is 2.42. The molecule has 2 aliphatic rings. The van der Waals surface area contributed by atoms with Crippen molar-refractivity contribution in [3.8, 4) is 0 Å². The summed E-state index contributed by atoms with van der Waals surface area (Å²) < 4.78 is 5.43. The number of anilines is 2. The molecule has 5 rings (SSSR count). The number of aromatic amines is 1. The Morgan fingerprint density at radius 1 is 1.19 bits per heavy atom. The first kappa shape index (κ1) is 19.6.